The summed E-state index contributed by atoms with van der Waals surface area (Å²) < 4.78 is 7.37. The van der Waals surface area contributed by atoms with Crippen LogP contribution in [-0.4, -0.2) is 12.1 Å². The van der Waals surface area contributed by atoms with Gasteiger partial charge < -0.3 is 10.5 Å². The summed E-state index contributed by atoms with van der Waals surface area (Å²) in [6, 6.07) is 12.9. The van der Waals surface area contributed by atoms with Gasteiger partial charge in [-0.05, 0) is 47.9 Å². The minimum absolute atomic E-state index is 0.147. The Bertz CT molecular complexity index is 651. The molecule has 2 aromatic carbocycles. The van der Waals surface area contributed by atoms with Gasteiger partial charge in [-0.2, -0.15) is 0 Å². The Kier molecular flexibility index (Phi) is 3.98. The normalized spacial score (nSPS) is 23.8. The molecule has 1 fully saturated rings. The number of ether oxygens (including phenoxy) is 1. The highest BCUT2D eigenvalue weighted by molar-refractivity contribution is 9.10. The van der Waals surface area contributed by atoms with Crippen LogP contribution in [0.5, 0.6) is 5.75 Å². The van der Waals surface area contributed by atoms with E-state index in [-0.39, 0.29) is 17.6 Å². The van der Waals surface area contributed by atoms with E-state index in [9.17, 15) is 0 Å². The molecule has 112 valence electrons. The van der Waals surface area contributed by atoms with Crippen LogP contribution in [0.3, 0.4) is 0 Å². The summed E-state index contributed by atoms with van der Waals surface area (Å²) in [6.07, 6.45) is 3.36. The Morgan fingerprint density at radius 1 is 1.14 bits per heavy atom. The van der Waals surface area contributed by atoms with Gasteiger partial charge in [0, 0.05) is 22.4 Å². The first-order valence-corrected chi connectivity index (χ1v) is 8.50. The summed E-state index contributed by atoms with van der Waals surface area (Å²) in [5, 5.41) is 2.43. The third-order valence-electron chi connectivity index (χ3n) is 5.22. The molecule has 0 heterocycles. The van der Waals surface area contributed by atoms with Gasteiger partial charge in [-0.15, -0.1) is 0 Å². The van der Waals surface area contributed by atoms with Crippen molar-refractivity contribution >= 4 is 26.7 Å². The Morgan fingerprint density at radius 2 is 1.81 bits per heavy atom. The second-order valence-electron chi connectivity index (χ2n) is 6.04. The van der Waals surface area contributed by atoms with E-state index in [4.69, 9.17) is 10.5 Å². The summed E-state index contributed by atoms with van der Waals surface area (Å²) in [4.78, 5) is 0. The quantitative estimate of drug-likeness (QED) is 0.854. The molecule has 0 radical (unpaired) electrons. The second-order valence-corrected chi connectivity index (χ2v) is 6.96. The summed E-state index contributed by atoms with van der Waals surface area (Å²) >= 11 is 3.51. The summed E-state index contributed by atoms with van der Waals surface area (Å²) in [7, 11) is 0. The van der Waals surface area contributed by atoms with E-state index in [1.165, 1.54) is 10.8 Å². The molecule has 2 aromatic rings. The average molecular weight is 348 g/mol. The van der Waals surface area contributed by atoms with Gasteiger partial charge >= 0.3 is 0 Å². The number of hydrogen-bond donors (Lipinski definition) is 1. The lowest BCUT2D eigenvalue weighted by Gasteiger charge is -2.53. The monoisotopic (exact) mass is 347 g/mol. The van der Waals surface area contributed by atoms with E-state index < -0.39 is 0 Å². The standard InChI is InChI=1S/C18H22BrNO/c1-3-18(4-2)16(20)11-17(18)21-15-8-6-12-9-14(19)7-5-13(12)10-15/h5-10,16-17H,3-4,11,20H2,1-2H3. The van der Waals surface area contributed by atoms with E-state index in [2.05, 4.69) is 66.2 Å². The van der Waals surface area contributed by atoms with Gasteiger partial charge in [0.15, 0.2) is 0 Å². The summed E-state index contributed by atoms with van der Waals surface area (Å²) in [5.74, 6) is 0.952. The number of halogens is 1. The molecule has 0 amide bonds. The number of fused-ring (bicyclic) bond motifs is 1. The van der Waals surface area contributed by atoms with Crippen molar-refractivity contribution in [2.45, 2.75) is 45.3 Å². The number of benzene rings is 2. The van der Waals surface area contributed by atoms with Gasteiger partial charge in [-0.3, -0.25) is 0 Å². The lowest BCUT2D eigenvalue weighted by Crippen LogP contribution is -2.62. The molecule has 0 aliphatic heterocycles. The van der Waals surface area contributed by atoms with Crippen molar-refractivity contribution in [2.24, 2.45) is 11.1 Å². The predicted octanol–water partition coefficient (Wildman–Crippen LogP) is 4.89. The van der Waals surface area contributed by atoms with Crippen molar-refractivity contribution in [1.82, 2.24) is 0 Å². The highest BCUT2D eigenvalue weighted by atomic mass is 79.9. The van der Waals surface area contributed by atoms with Crippen molar-refractivity contribution < 1.29 is 4.74 Å². The van der Waals surface area contributed by atoms with Gasteiger partial charge in [0.25, 0.3) is 0 Å². The predicted molar refractivity (Wildman–Crippen MR) is 91.7 cm³/mol. The Balaban J connectivity index is 1.84. The maximum atomic E-state index is 6.27. The number of rotatable bonds is 4. The Morgan fingerprint density at radius 3 is 2.48 bits per heavy atom. The minimum atomic E-state index is 0.147. The molecular formula is C18H22BrNO. The molecule has 0 bridgehead atoms. The minimum Gasteiger partial charge on any atom is -0.490 e. The molecule has 2 unspecified atom stereocenters. The first-order valence-electron chi connectivity index (χ1n) is 7.70. The van der Waals surface area contributed by atoms with Crippen molar-refractivity contribution in [2.75, 3.05) is 0 Å². The molecule has 21 heavy (non-hydrogen) atoms. The van der Waals surface area contributed by atoms with Crippen LogP contribution in [0.25, 0.3) is 10.8 Å². The third kappa shape index (κ3) is 2.47. The van der Waals surface area contributed by atoms with Gasteiger partial charge in [0.05, 0.1) is 0 Å². The van der Waals surface area contributed by atoms with Crippen LogP contribution < -0.4 is 10.5 Å². The highest BCUT2D eigenvalue weighted by Crippen LogP contribution is 2.48. The molecule has 1 aliphatic carbocycles. The van der Waals surface area contributed by atoms with E-state index in [1.807, 2.05) is 0 Å². The van der Waals surface area contributed by atoms with Gasteiger partial charge in [-0.1, -0.05) is 41.9 Å². The van der Waals surface area contributed by atoms with Gasteiger partial charge in [0.1, 0.15) is 11.9 Å². The van der Waals surface area contributed by atoms with Crippen molar-refractivity contribution in [3.63, 3.8) is 0 Å². The van der Waals surface area contributed by atoms with Crippen LogP contribution in [0.15, 0.2) is 40.9 Å². The van der Waals surface area contributed by atoms with Crippen LogP contribution >= 0.6 is 15.9 Å². The molecule has 0 saturated heterocycles. The van der Waals surface area contributed by atoms with Crippen LogP contribution in [-0.2, 0) is 0 Å². The average Bonchev–Trinajstić information content (AvgIpc) is 2.48. The molecule has 3 heteroatoms. The molecule has 2 N–H and O–H groups in total. The van der Waals surface area contributed by atoms with Crippen molar-refractivity contribution in [1.29, 1.82) is 0 Å². The molecule has 2 nitrogen and oxygen atoms in total. The van der Waals surface area contributed by atoms with E-state index in [0.29, 0.717) is 0 Å². The van der Waals surface area contributed by atoms with Crippen LogP contribution in [0, 0.1) is 5.41 Å². The van der Waals surface area contributed by atoms with Crippen LogP contribution in [0.1, 0.15) is 33.1 Å². The fraction of sp³-hybridized carbons (Fsp3) is 0.444. The molecular weight excluding hydrogens is 326 g/mol. The van der Waals surface area contributed by atoms with Crippen LogP contribution in [0.4, 0.5) is 0 Å². The first-order chi connectivity index (χ1) is 10.1. The smallest absolute Gasteiger partial charge is 0.120 e. The van der Waals surface area contributed by atoms with Gasteiger partial charge in [0.2, 0.25) is 0 Å². The maximum Gasteiger partial charge on any atom is 0.120 e. The molecule has 1 saturated carbocycles. The highest BCUT2D eigenvalue weighted by Gasteiger charge is 2.52. The van der Waals surface area contributed by atoms with E-state index >= 15 is 0 Å². The fourth-order valence-electron chi connectivity index (χ4n) is 3.61. The molecule has 2 atom stereocenters. The Hall–Kier alpha value is -1.06. The van der Waals surface area contributed by atoms with Crippen molar-refractivity contribution in [3.05, 3.63) is 40.9 Å². The first kappa shape index (κ1) is 14.9. The molecule has 3 rings (SSSR count). The van der Waals surface area contributed by atoms with Crippen molar-refractivity contribution in [3.8, 4) is 5.75 Å². The SMILES string of the molecule is CCC1(CC)C(N)CC1Oc1ccc2cc(Br)ccc2c1. The lowest BCUT2D eigenvalue weighted by molar-refractivity contribution is -0.0721. The third-order valence-corrected chi connectivity index (χ3v) is 5.71. The fourth-order valence-corrected chi connectivity index (χ4v) is 3.98. The summed E-state index contributed by atoms with van der Waals surface area (Å²) in [6.45, 7) is 4.44. The zero-order valence-electron chi connectivity index (χ0n) is 12.6. The lowest BCUT2D eigenvalue weighted by atomic mass is 9.59. The summed E-state index contributed by atoms with van der Waals surface area (Å²) in [5.41, 5.74) is 6.39. The maximum absolute atomic E-state index is 6.27. The van der Waals surface area contributed by atoms with Crippen LogP contribution in [0.2, 0.25) is 0 Å². The largest absolute Gasteiger partial charge is 0.490 e. The topological polar surface area (TPSA) is 35.2 Å². The number of hydrogen-bond acceptors (Lipinski definition) is 2. The molecule has 1 aliphatic rings. The Labute approximate surface area is 134 Å². The molecule has 0 spiro atoms. The second kappa shape index (κ2) is 5.62. The van der Waals surface area contributed by atoms with E-state index in [0.717, 1.165) is 29.5 Å². The van der Waals surface area contributed by atoms with E-state index in [1.54, 1.807) is 0 Å². The molecule has 0 aromatic heterocycles. The number of nitrogens with two attached hydrogens (primary N) is 1. The van der Waals surface area contributed by atoms with Gasteiger partial charge in [-0.25, -0.2) is 0 Å². The zero-order chi connectivity index (χ0) is 15.0. The zero-order valence-corrected chi connectivity index (χ0v) is 14.2.